The summed E-state index contributed by atoms with van der Waals surface area (Å²) in [7, 11) is 0. The normalized spacial score (nSPS) is 24.5. The third-order valence-corrected chi connectivity index (χ3v) is 4.68. The summed E-state index contributed by atoms with van der Waals surface area (Å²) in [4.78, 5) is 32.4. The fourth-order valence-corrected chi connectivity index (χ4v) is 3.46. The van der Waals surface area contributed by atoms with Crippen molar-refractivity contribution < 1.29 is 14.0 Å². The van der Waals surface area contributed by atoms with Gasteiger partial charge in [-0.2, -0.15) is 0 Å². The van der Waals surface area contributed by atoms with Crippen LogP contribution in [0.2, 0.25) is 0 Å². The van der Waals surface area contributed by atoms with Crippen LogP contribution in [0, 0.1) is 11.2 Å². The third-order valence-electron chi connectivity index (χ3n) is 4.68. The molecule has 1 atom stereocenters. The van der Waals surface area contributed by atoms with Gasteiger partial charge in [0.1, 0.15) is 11.5 Å². The molecule has 2 fully saturated rings. The summed E-state index contributed by atoms with van der Waals surface area (Å²) in [6.45, 7) is 4.63. The summed E-state index contributed by atoms with van der Waals surface area (Å²) in [5.41, 5.74) is -0.181. The quantitative estimate of drug-likeness (QED) is 0.854. The summed E-state index contributed by atoms with van der Waals surface area (Å²) in [5, 5.41) is 0. The van der Waals surface area contributed by atoms with Crippen LogP contribution in [-0.4, -0.2) is 52.8 Å². The molecule has 2 saturated heterocycles. The first-order valence-corrected chi connectivity index (χ1v) is 7.76. The third kappa shape index (κ3) is 2.46. The standard InChI is InChI=1S/C16H20FN3O2/c1-2-7-19-8-5-16(15(19)22)6-9-20(11-16)14(21)13-4-3-12(17)10-18-13/h3-4,10H,2,5-9,11H2,1H3. The van der Waals surface area contributed by atoms with E-state index in [1.54, 1.807) is 4.90 Å². The van der Waals surface area contributed by atoms with E-state index < -0.39 is 11.2 Å². The number of hydrogen-bond donors (Lipinski definition) is 0. The molecule has 22 heavy (non-hydrogen) atoms. The zero-order valence-electron chi connectivity index (χ0n) is 12.7. The summed E-state index contributed by atoms with van der Waals surface area (Å²) < 4.78 is 12.9. The highest BCUT2D eigenvalue weighted by atomic mass is 19.1. The maximum atomic E-state index is 12.9. The smallest absolute Gasteiger partial charge is 0.272 e. The first-order valence-electron chi connectivity index (χ1n) is 7.76. The predicted octanol–water partition coefficient (Wildman–Crippen LogP) is 1.70. The van der Waals surface area contributed by atoms with Crippen molar-refractivity contribution in [3.05, 3.63) is 29.8 Å². The number of aromatic nitrogens is 1. The SMILES string of the molecule is CCCN1CCC2(CCN(C(=O)c3ccc(F)cn3)C2)C1=O. The summed E-state index contributed by atoms with van der Waals surface area (Å²) in [5.74, 6) is -0.508. The molecule has 0 aromatic carbocycles. The molecule has 5 nitrogen and oxygen atoms in total. The van der Waals surface area contributed by atoms with E-state index in [1.807, 2.05) is 4.90 Å². The average Bonchev–Trinajstić information content (AvgIpc) is 3.08. The van der Waals surface area contributed by atoms with E-state index >= 15 is 0 Å². The van der Waals surface area contributed by atoms with Crippen molar-refractivity contribution in [2.24, 2.45) is 5.41 Å². The first-order chi connectivity index (χ1) is 10.6. The van der Waals surface area contributed by atoms with E-state index in [2.05, 4.69) is 11.9 Å². The largest absolute Gasteiger partial charge is 0.342 e. The molecule has 0 saturated carbocycles. The van der Waals surface area contributed by atoms with Crippen LogP contribution in [-0.2, 0) is 4.79 Å². The summed E-state index contributed by atoms with van der Waals surface area (Å²) >= 11 is 0. The minimum absolute atomic E-state index is 0.178. The molecule has 2 aliphatic rings. The van der Waals surface area contributed by atoms with Gasteiger partial charge in [0.2, 0.25) is 5.91 Å². The molecule has 118 valence electrons. The Kier molecular flexibility index (Phi) is 3.85. The van der Waals surface area contributed by atoms with Crippen molar-refractivity contribution in [1.29, 1.82) is 0 Å². The second kappa shape index (κ2) is 5.66. The molecular formula is C16H20FN3O2. The number of pyridine rings is 1. The van der Waals surface area contributed by atoms with E-state index in [0.29, 0.717) is 19.5 Å². The Morgan fingerprint density at radius 2 is 2.14 bits per heavy atom. The maximum Gasteiger partial charge on any atom is 0.272 e. The molecule has 1 unspecified atom stereocenters. The summed E-state index contributed by atoms with van der Waals surface area (Å²) in [6, 6.07) is 2.62. The van der Waals surface area contributed by atoms with Crippen LogP contribution in [0.15, 0.2) is 18.3 Å². The fraction of sp³-hybridized carbons (Fsp3) is 0.562. The van der Waals surface area contributed by atoms with Crippen LogP contribution in [0.25, 0.3) is 0 Å². The van der Waals surface area contributed by atoms with Gasteiger partial charge in [-0.15, -0.1) is 0 Å². The Morgan fingerprint density at radius 1 is 1.36 bits per heavy atom. The molecule has 1 aromatic rings. The molecule has 3 rings (SSSR count). The monoisotopic (exact) mass is 305 g/mol. The molecule has 6 heteroatoms. The Morgan fingerprint density at radius 3 is 2.82 bits per heavy atom. The lowest BCUT2D eigenvalue weighted by atomic mass is 9.85. The lowest BCUT2D eigenvalue weighted by molar-refractivity contribution is -0.135. The van der Waals surface area contributed by atoms with Gasteiger partial charge < -0.3 is 9.80 Å². The van der Waals surface area contributed by atoms with Crippen molar-refractivity contribution in [2.45, 2.75) is 26.2 Å². The molecule has 0 radical (unpaired) electrons. The highest BCUT2D eigenvalue weighted by molar-refractivity contribution is 5.94. The number of likely N-dealkylation sites (tertiary alicyclic amines) is 2. The molecule has 2 amide bonds. The highest BCUT2D eigenvalue weighted by Gasteiger charge is 2.51. The minimum atomic E-state index is -0.462. The number of rotatable bonds is 3. The Hall–Kier alpha value is -1.98. The minimum Gasteiger partial charge on any atom is -0.342 e. The predicted molar refractivity (Wildman–Crippen MR) is 78.6 cm³/mol. The van der Waals surface area contributed by atoms with Gasteiger partial charge in [0.15, 0.2) is 0 Å². The zero-order chi connectivity index (χ0) is 15.7. The molecule has 0 aliphatic carbocycles. The van der Waals surface area contributed by atoms with Gasteiger partial charge in [0.25, 0.3) is 5.91 Å². The molecular weight excluding hydrogens is 285 g/mol. The van der Waals surface area contributed by atoms with E-state index in [9.17, 15) is 14.0 Å². The zero-order valence-corrected chi connectivity index (χ0v) is 12.7. The molecule has 1 aromatic heterocycles. The van der Waals surface area contributed by atoms with Gasteiger partial charge >= 0.3 is 0 Å². The van der Waals surface area contributed by atoms with Gasteiger partial charge in [-0.3, -0.25) is 9.59 Å². The average molecular weight is 305 g/mol. The van der Waals surface area contributed by atoms with Crippen molar-refractivity contribution in [3.63, 3.8) is 0 Å². The fourth-order valence-electron chi connectivity index (χ4n) is 3.46. The number of carbonyl (C=O) groups excluding carboxylic acids is 2. The topological polar surface area (TPSA) is 53.5 Å². The van der Waals surface area contributed by atoms with Crippen LogP contribution < -0.4 is 0 Å². The number of nitrogens with zero attached hydrogens (tertiary/aromatic N) is 3. The van der Waals surface area contributed by atoms with Gasteiger partial charge in [-0.1, -0.05) is 6.92 Å². The Balaban J connectivity index is 1.71. The first kappa shape index (κ1) is 14.9. The van der Waals surface area contributed by atoms with Crippen molar-refractivity contribution in [2.75, 3.05) is 26.2 Å². The molecule has 3 heterocycles. The summed E-state index contributed by atoms with van der Waals surface area (Å²) in [6.07, 6.45) is 3.51. The van der Waals surface area contributed by atoms with Gasteiger partial charge in [-0.05, 0) is 31.4 Å². The van der Waals surface area contributed by atoms with Crippen molar-refractivity contribution in [1.82, 2.24) is 14.8 Å². The van der Waals surface area contributed by atoms with Gasteiger partial charge in [0.05, 0.1) is 11.6 Å². The van der Waals surface area contributed by atoms with Crippen molar-refractivity contribution >= 4 is 11.8 Å². The lowest BCUT2D eigenvalue weighted by Crippen LogP contribution is -2.38. The highest BCUT2D eigenvalue weighted by Crippen LogP contribution is 2.41. The van der Waals surface area contributed by atoms with E-state index in [1.165, 1.54) is 12.1 Å². The molecule has 1 spiro atoms. The maximum absolute atomic E-state index is 12.9. The van der Waals surface area contributed by atoms with E-state index in [4.69, 9.17) is 0 Å². The number of amides is 2. The number of halogens is 1. The van der Waals surface area contributed by atoms with E-state index in [-0.39, 0.29) is 17.5 Å². The van der Waals surface area contributed by atoms with Gasteiger partial charge in [-0.25, -0.2) is 9.37 Å². The Bertz CT molecular complexity index is 590. The number of carbonyl (C=O) groups is 2. The molecule has 0 bridgehead atoms. The van der Waals surface area contributed by atoms with Crippen molar-refractivity contribution in [3.8, 4) is 0 Å². The van der Waals surface area contributed by atoms with Crippen LogP contribution in [0.5, 0.6) is 0 Å². The molecule has 0 N–H and O–H groups in total. The van der Waals surface area contributed by atoms with Crippen LogP contribution in [0.1, 0.15) is 36.7 Å². The number of hydrogen-bond acceptors (Lipinski definition) is 3. The molecule has 2 aliphatic heterocycles. The van der Waals surface area contributed by atoms with Gasteiger partial charge in [0, 0.05) is 26.2 Å². The second-order valence-electron chi connectivity index (χ2n) is 6.16. The van der Waals surface area contributed by atoms with E-state index in [0.717, 1.165) is 32.1 Å². The second-order valence-corrected chi connectivity index (χ2v) is 6.16. The van der Waals surface area contributed by atoms with Crippen LogP contribution >= 0.6 is 0 Å². The van der Waals surface area contributed by atoms with Crippen LogP contribution in [0.4, 0.5) is 4.39 Å². The lowest BCUT2D eigenvalue weighted by Gasteiger charge is -2.23. The van der Waals surface area contributed by atoms with Crippen LogP contribution in [0.3, 0.4) is 0 Å². The Labute approximate surface area is 129 Å².